The van der Waals surface area contributed by atoms with Crippen LogP contribution >= 0.6 is 0 Å². The maximum atomic E-state index is 12.0. The number of nitrogens with one attached hydrogen (secondary N) is 1. The summed E-state index contributed by atoms with van der Waals surface area (Å²) in [7, 11) is 0. The second-order valence-corrected chi connectivity index (χ2v) is 5.44. The van der Waals surface area contributed by atoms with Gasteiger partial charge in [0.25, 0.3) is 0 Å². The van der Waals surface area contributed by atoms with E-state index in [2.05, 4.69) is 5.32 Å². The van der Waals surface area contributed by atoms with Gasteiger partial charge in [-0.3, -0.25) is 9.59 Å². The Morgan fingerprint density at radius 2 is 1.89 bits per heavy atom. The van der Waals surface area contributed by atoms with Gasteiger partial charge in [0.15, 0.2) is 0 Å². The molecule has 0 aromatic heterocycles. The molecule has 1 amide bonds. The molecule has 2 unspecified atom stereocenters. The first kappa shape index (κ1) is 16.0. The van der Waals surface area contributed by atoms with Crippen molar-refractivity contribution in [2.75, 3.05) is 6.54 Å². The van der Waals surface area contributed by atoms with E-state index in [1.807, 2.05) is 13.8 Å². The minimum absolute atomic E-state index is 0.174. The zero-order valence-electron chi connectivity index (χ0n) is 11.8. The van der Waals surface area contributed by atoms with Crippen LogP contribution in [0.5, 0.6) is 0 Å². The van der Waals surface area contributed by atoms with Crippen LogP contribution in [0.25, 0.3) is 0 Å². The first-order valence-electron chi connectivity index (χ1n) is 7.18. The minimum Gasteiger partial charge on any atom is -0.481 e. The zero-order valence-corrected chi connectivity index (χ0v) is 11.8. The fourth-order valence-corrected chi connectivity index (χ4v) is 2.74. The van der Waals surface area contributed by atoms with Crippen LogP contribution in [-0.4, -0.2) is 34.7 Å². The second-order valence-electron chi connectivity index (χ2n) is 5.44. The number of hydrogen-bond donors (Lipinski definition) is 3. The number of amides is 1. The molecule has 0 saturated heterocycles. The van der Waals surface area contributed by atoms with E-state index in [9.17, 15) is 19.8 Å². The fourth-order valence-electron chi connectivity index (χ4n) is 2.74. The van der Waals surface area contributed by atoms with Crippen molar-refractivity contribution in [1.82, 2.24) is 5.32 Å². The van der Waals surface area contributed by atoms with Gasteiger partial charge in [0, 0.05) is 6.54 Å². The van der Waals surface area contributed by atoms with Gasteiger partial charge in [-0.05, 0) is 31.6 Å². The van der Waals surface area contributed by atoms with Crippen LogP contribution in [0.2, 0.25) is 0 Å². The van der Waals surface area contributed by atoms with E-state index in [0.29, 0.717) is 38.1 Å². The number of carbonyl (C=O) groups excluding carboxylic acids is 1. The highest BCUT2D eigenvalue weighted by Gasteiger charge is 2.41. The van der Waals surface area contributed by atoms with E-state index in [0.717, 1.165) is 6.42 Å². The summed E-state index contributed by atoms with van der Waals surface area (Å²) < 4.78 is 0. The molecular formula is C14H25NO4. The summed E-state index contributed by atoms with van der Waals surface area (Å²) >= 11 is 0. The van der Waals surface area contributed by atoms with Crippen LogP contribution in [0.15, 0.2) is 0 Å². The van der Waals surface area contributed by atoms with Crippen molar-refractivity contribution in [2.45, 2.75) is 52.1 Å². The molecule has 0 aromatic carbocycles. The van der Waals surface area contributed by atoms with Crippen LogP contribution in [-0.2, 0) is 9.59 Å². The lowest BCUT2D eigenvalue weighted by Gasteiger charge is -2.16. The summed E-state index contributed by atoms with van der Waals surface area (Å²) in [4.78, 5) is 23.2. The van der Waals surface area contributed by atoms with E-state index in [4.69, 9.17) is 0 Å². The van der Waals surface area contributed by atoms with E-state index >= 15 is 0 Å². The molecule has 3 N–H and O–H groups in total. The van der Waals surface area contributed by atoms with Crippen molar-refractivity contribution in [2.24, 2.45) is 17.8 Å². The van der Waals surface area contributed by atoms with Crippen molar-refractivity contribution in [3.63, 3.8) is 0 Å². The summed E-state index contributed by atoms with van der Waals surface area (Å²) in [6.45, 7) is 4.32. The van der Waals surface area contributed by atoms with Gasteiger partial charge < -0.3 is 15.5 Å². The molecule has 1 fully saturated rings. The molecule has 1 aliphatic rings. The molecule has 0 bridgehead atoms. The van der Waals surface area contributed by atoms with Gasteiger partial charge in [0.1, 0.15) is 0 Å². The third-order valence-electron chi connectivity index (χ3n) is 4.14. The highest BCUT2D eigenvalue weighted by Crippen LogP contribution is 2.38. The maximum Gasteiger partial charge on any atom is 0.307 e. The molecule has 19 heavy (non-hydrogen) atoms. The Labute approximate surface area is 114 Å². The van der Waals surface area contributed by atoms with Crippen molar-refractivity contribution >= 4 is 11.9 Å². The molecule has 1 aliphatic carbocycles. The van der Waals surface area contributed by atoms with Crippen LogP contribution in [0.4, 0.5) is 0 Å². The third-order valence-corrected chi connectivity index (χ3v) is 4.14. The molecule has 1 rings (SSSR count). The third kappa shape index (κ3) is 4.49. The number of rotatable bonds is 7. The van der Waals surface area contributed by atoms with Gasteiger partial charge in [-0.2, -0.15) is 0 Å². The second kappa shape index (κ2) is 7.48. The van der Waals surface area contributed by atoms with Crippen LogP contribution in [0, 0.1) is 17.8 Å². The highest BCUT2D eigenvalue weighted by atomic mass is 16.4. The molecule has 1 saturated carbocycles. The summed E-state index contributed by atoms with van der Waals surface area (Å²) in [5, 5.41) is 21.3. The van der Waals surface area contributed by atoms with Crippen LogP contribution in [0.3, 0.4) is 0 Å². The van der Waals surface area contributed by atoms with Crippen molar-refractivity contribution in [3.8, 4) is 0 Å². The summed E-state index contributed by atoms with van der Waals surface area (Å²) in [5.41, 5.74) is 0. The molecule has 0 radical (unpaired) electrons. The topological polar surface area (TPSA) is 86.6 Å². The minimum atomic E-state index is -0.871. The van der Waals surface area contributed by atoms with E-state index in [-0.39, 0.29) is 5.91 Å². The Bertz CT molecular complexity index is 319. The van der Waals surface area contributed by atoms with Crippen molar-refractivity contribution < 1.29 is 19.8 Å². The quantitative estimate of drug-likeness (QED) is 0.653. The van der Waals surface area contributed by atoms with Gasteiger partial charge in [0.05, 0.1) is 17.9 Å². The average Bonchev–Trinajstić information content (AvgIpc) is 2.82. The van der Waals surface area contributed by atoms with Gasteiger partial charge in [-0.15, -0.1) is 0 Å². The predicted molar refractivity (Wildman–Crippen MR) is 71.6 cm³/mol. The van der Waals surface area contributed by atoms with E-state index in [1.54, 1.807) is 0 Å². The number of aliphatic hydroxyl groups is 1. The van der Waals surface area contributed by atoms with Crippen LogP contribution in [0.1, 0.15) is 46.0 Å². The van der Waals surface area contributed by atoms with Crippen molar-refractivity contribution in [1.29, 1.82) is 0 Å². The molecule has 0 spiro atoms. The summed E-state index contributed by atoms with van der Waals surface area (Å²) in [6.07, 6.45) is 2.96. The fraction of sp³-hybridized carbons (Fsp3) is 0.857. The zero-order chi connectivity index (χ0) is 14.4. The SMILES string of the molecule is CCC(O)CCNC(=O)[C@H]1CC(CC)C[C@H]1C(=O)O. The van der Waals surface area contributed by atoms with Crippen molar-refractivity contribution in [3.05, 3.63) is 0 Å². The maximum absolute atomic E-state index is 12.0. The average molecular weight is 271 g/mol. The number of aliphatic carboxylic acids is 1. The molecule has 5 heteroatoms. The van der Waals surface area contributed by atoms with Crippen LogP contribution < -0.4 is 5.32 Å². The Kier molecular flexibility index (Phi) is 6.28. The summed E-state index contributed by atoms with van der Waals surface area (Å²) in [5.74, 6) is -1.68. The number of hydrogen-bond acceptors (Lipinski definition) is 3. The Hall–Kier alpha value is -1.10. The standard InChI is InChI=1S/C14H25NO4/c1-3-9-7-11(12(8-9)14(18)19)13(17)15-6-5-10(16)4-2/h9-12,16H,3-8H2,1-2H3,(H,15,17)(H,18,19)/t9?,10?,11-,12+/m0/s1. The highest BCUT2D eigenvalue weighted by molar-refractivity contribution is 5.85. The Morgan fingerprint density at radius 3 is 2.42 bits per heavy atom. The monoisotopic (exact) mass is 271 g/mol. The largest absolute Gasteiger partial charge is 0.481 e. The smallest absolute Gasteiger partial charge is 0.307 e. The summed E-state index contributed by atoms with van der Waals surface area (Å²) in [6, 6.07) is 0. The molecule has 0 aliphatic heterocycles. The number of aliphatic hydroxyl groups excluding tert-OH is 1. The van der Waals surface area contributed by atoms with E-state index < -0.39 is 23.9 Å². The molecule has 4 atom stereocenters. The van der Waals surface area contributed by atoms with Gasteiger partial charge in [-0.25, -0.2) is 0 Å². The number of carboxylic acids is 1. The lowest BCUT2D eigenvalue weighted by Crippen LogP contribution is -2.36. The number of carbonyl (C=O) groups is 2. The normalized spacial score (nSPS) is 28.1. The molecule has 5 nitrogen and oxygen atoms in total. The van der Waals surface area contributed by atoms with E-state index in [1.165, 1.54) is 0 Å². The first-order chi connectivity index (χ1) is 8.99. The van der Waals surface area contributed by atoms with Gasteiger partial charge >= 0.3 is 5.97 Å². The molecular weight excluding hydrogens is 246 g/mol. The molecule has 0 heterocycles. The first-order valence-corrected chi connectivity index (χ1v) is 7.18. The lowest BCUT2D eigenvalue weighted by molar-refractivity contribution is -0.146. The molecule has 110 valence electrons. The lowest BCUT2D eigenvalue weighted by atomic mass is 9.95. The van der Waals surface area contributed by atoms with Gasteiger partial charge in [-0.1, -0.05) is 20.3 Å². The molecule has 0 aromatic rings. The Morgan fingerprint density at radius 1 is 1.26 bits per heavy atom. The van der Waals surface area contributed by atoms with Gasteiger partial charge in [0.2, 0.25) is 5.91 Å². The Balaban J connectivity index is 2.47. The number of carboxylic acid groups (broad SMARTS) is 1. The predicted octanol–water partition coefficient (Wildman–Crippen LogP) is 1.40.